The minimum atomic E-state index is -0.423. The zero-order valence-electron chi connectivity index (χ0n) is 15.3. The average molecular weight is 343 g/mol. The number of nitrogens with one attached hydrogen (secondary N) is 2. The van der Waals surface area contributed by atoms with E-state index in [4.69, 9.17) is 0 Å². The van der Waals surface area contributed by atoms with E-state index in [1.54, 1.807) is 0 Å². The van der Waals surface area contributed by atoms with Crippen molar-refractivity contribution in [3.8, 4) is 0 Å². The Morgan fingerprint density at radius 3 is 2.60 bits per heavy atom. The number of rotatable bonds is 5. The molecule has 0 saturated carbocycles. The van der Waals surface area contributed by atoms with Crippen LogP contribution >= 0.6 is 0 Å². The fourth-order valence-electron chi connectivity index (χ4n) is 3.93. The molecule has 1 fully saturated rings. The molecular weight excluding hydrogens is 314 g/mol. The molecule has 5 nitrogen and oxygen atoms in total. The molecule has 1 saturated heterocycles. The average Bonchev–Trinajstić information content (AvgIpc) is 2.63. The quantitative estimate of drug-likeness (QED) is 0.861. The fraction of sp³-hybridized carbons (Fsp3) is 0.600. The first-order chi connectivity index (χ1) is 12.1. The summed E-state index contributed by atoms with van der Waals surface area (Å²) < 4.78 is 0. The molecule has 25 heavy (non-hydrogen) atoms. The Bertz CT molecular complexity index is 636. The van der Waals surface area contributed by atoms with Crippen LogP contribution in [-0.2, 0) is 4.79 Å². The summed E-state index contributed by atoms with van der Waals surface area (Å²) >= 11 is 0. The van der Waals surface area contributed by atoms with Gasteiger partial charge in [-0.2, -0.15) is 0 Å². The Balaban J connectivity index is 1.64. The SMILES string of the molecule is CCCCC(CC)C(=O)N1CCC2(CC1)NC(=O)c1ccccc1N2. The summed E-state index contributed by atoms with van der Waals surface area (Å²) in [6, 6.07) is 7.60. The van der Waals surface area contributed by atoms with Crippen LogP contribution in [0.25, 0.3) is 0 Å². The number of hydrogen-bond acceptors (Lipinski definition) is 3. The van der Waals surface area contributed by atoms with Gasteiger partial charge >= 0.3 is 0 Å². The van der Waals surface area contributed by atoms with Gasteiger partial charge in [0.25, 0.3) is 5.91 Å². The Kier molecular flexibility index (Phi) is 5.30. The van der Waals surface area contributed by atoms with E-state index in [9.17, 15) is 9.59 Å². The van der Waals surface area contributed by atoms with Crippen molar-refractivity contribution < 1.29 is 9.59 Å². The third-order valence-electron chi connectivity index (χ3n) is 5.58. The van der Waals surface area contributed by atoms with E-state index >= 15 is 0 Å². The zero-order chi connectivity index (χ0) is 17.9. The largest absolute Gasteiger partial charge is 0.362 e. The molecule has 1 aromatic carbocycles. The molecular formula is C20H29N3O2. The second kappa shape index (κ2) is 7.46. The monoisotopic (exact) mass is 343 g/mol. The van der Waals surface area contributed by atoms with Gasteiger partial charge in [-0.3, -0.25) is 9.59 Å². The highest BCUT2D eigenvalue weighted by Gasteiger charge is 2.41. The van der Waals surface area contributed by atoms with Crippen LogP contribution in [0.3, 0.4) is 0 Å². The van der Waals surface area contributed by atoms with Gasteiger partial charge in [-0.15, -0.1) is 0 Å². The molecule has 1 aromatic rings. The normalized spacial score (nSPS) is 19.8. The van der Waals surface area contributed by atoms with Gasteiger partial charge in [-0.25, -0.2) is 0 Å². The van der Waals surface area contributed by atoms with Crippen molar-refractivity contribution in [1.82, 2.24) is 10.2 Å². The molecule has 2 amide bonds. The first-order valence-corrected chi connectivity index (χ1v) is 9.57. The van der Waals surface area contributed by atoms with Crippen molar-refractivity contribution in [3.63, 3.8) is 0 Å². The molecule has 1 spiro atoms. The van der Waals surface area contributed by atoms with E-state index in [1.807, 2.05) is 29.2 Å². The molecule has 0 aliphatic carbocycles. The molecule has 3 rings (SSSR count). The maximum absolute atomic E-state index is 12.8. The molecule has 5 heteroatoms. The van der Waals surface area contributed by atoms with Crippen LogP contribution in [0.15, 0.2) is 24.3 Å². The highest BCUT2D eigenvalue weighted by molar-refractivity contribution is 6.02. The van der Waals surface area contributed by atoms with Crippen molar-refractivity contribution in [2.75, 3.05) is 18.4 Å². The molecule has 1 atom stereocenters. The molecule has 0 radical (unpaired) electrons. The van der Waals surface area contributed by atoms with Crippen LogP contribution in [0, 0.1) is 5.92 Å². The van der Waals surface area contributed by atoms with Crippen LogP contribution in [-0.4, -0.2) is 35.5 Å². The van der Waals surface area contributed by atoms with Gasteiger partial charge < -0.3 is 15.5 Å². The molecule has 0 bridgehead atoms. The van der Waals surface area contributed by atoms with Crippen molar-refractivity contribution in [3.05, 3.63) is 29.8 Å². The van der Waals surface area contributed by atoms with Crippen LogP contribution in [0.4, 0.5) is 5.69 Å². The lowest BCUT2D eigenvalue weighted by atomic mass is 9.90. The third-order valence-corrected chi connectivity index (χ3v) is 5.58. The summed E-state index contributed by atoms with van der Waals surface area (Å²) in [6.45, 7) is 5.65. The molecule has 0 aromatic heterocycles. The summed E-state index contributed by atoms with van der Waals surface area (Å²) in [5, 5.41) is 6.65. The number of piperidine rings is 1. The third kappa shape index (κ3) is 3.65. The highest BCUT2D eigenvalue weighted by atomic mass is 16.2. The van der Waals surface area contributed by atoms with Crippen LogP contribution in [0.2, 0.25) is 0 Å². The molecule has 2 aliphatic heterocycles. The second-order valence-corrected chi connectivity index (χ2v) is 7.28. The van der Waals surface area contributed by atoms with Gasteiger partial charge in [0.15, 0.2) is 0 Å². The number of nitrogens with zero attached hydrogens (tertiary/aromatic N) is 1. The van der Waals surface area contributed by atoms with Gasteiger partial charge in [0.1, 0.15) is 5.66 Å². The van der Waals surface area contributed by atoms with Crippen molar-refractivity contribution >= 4 is 17.5 Å². The lowest BCUT2D eigenvalue weighted by Crippen LogP contribution is -2.63. The first kappa shape index (κ1) is 17.8. The Labute approximate surface area is 150 Å². The number of hydrogen-bond donors (Lipinski definition) is 2. The van der Waals surface area contributed by atoms with Gasteiger partial charge in [0.05, 0.1) is 5.56 Å². The fourth-order valence-corrected chi connectivity index (χ4v) is 3.93. The minimum Gasteiger partial charge on any atom is -0.362 e. The van der Waals surface area contributed by atoms with E-state index in [2.05, 4.69) is 24.5 Å². The number of benzene rings is 1. The number of para-hydroxylation sites is 1. The maximum atomic E-state index is 12.8. The number of fused-ring (bicyclic) bond motifs is 1. The smallest absolute Gasteiger partial charge is 0.255 e. The minimum absolute atomic E-state index is 0.0245. The molecule has 2 N–H and O–H groups in total. The number of carbonyl (C=O) groups excluding carboxylic acids is 2. The van der Waals surface area contributed by atoms with E-state index in [0.717, 1.165) is 44.2 Å². The first-order valence-electron chi connectivity index (χ1n) is 9.57. The van der Waals surface area contributed by atoms with E-state index in [1.165, 1.54) is 0 Å². The standard InChI is InChI=1S/C20H29N3O2/c1-3-5-8-15(4-2)19(25)23-13-11-20(12-14-23)21-17-10-7-6-9-16(17)18(24)22-20/h6-7,9-10,15,21H,3-5,8,11-14H2,1-2H3,(H,22,24). The van der Waals surface area contributed by atoms with Crippen LogP contribution in [0.5, 0.6) is 0 Å². The van der Waals surface area contributed by atoms with Gasteiger partial charge in [0.2, 0.25) is 5.91 Å². The molecule has 136 valence electrons. The predicted octanol–water partition coefficient (Wildman–Crippen LogP) is 3.38. The molecule has 2 aliphatic rings. The predicted molar refractivity (Wildman–Crippen MR) is 99.4 cm³/mol. The maximum Gasteiger partial charge on any atom is 0.255 e. The summed E-state index contributed by atoms with van der Waals surface area (Å²) in [6.07, 6.45) is 5.60. The van der Waals surface area contributed by atoms with Crippen molar-refractivity contribution in [1.29, 1.82) is 0 Å². The van der Waals surface area contributed by atoms with Crippen molar-refractivity contribution in [2.24, 2.45) is 5.92 Å². The lowest BCUT2D eigenvalue weighted by Gasteiger charge is -2.46. The summed E-state index contributed by atoms with van der Waals surface area (Å²) in [4.78, 5) is 27.2. The van der Waals surface area contributed by atoms with E-state index in [-0.39, 0.29) is 17.7 Å². The summed E-state index contributed by atoms with van der Waals surface area (Å²) in [7, 11) is 0. The highest BCUT2D eigenvalue weighted by Crippen LogP contribution is 2.32. The number of unbranched alkanes of at least 4 members (excludes halogenated alkanes) is 1. The van der Waals surface area contributed by atoms with E-state index in [0.29, 0.717) is 18.7 Å². The van der Waals surface area contributed by atoms with Crippen molar-refractivity contribution in [2.45, 2.75) is 58.0 Å². The number of carbonyl (C=O) groups is 2. The van der Waals surface area contributed by atoms with Crippen LogP contribution < -0.4 is 10.6 Å². The Hall–Kier alpha value is -2.04. The van der Waals surface area contributed by atoms with Gasteiger partial charge in [-0.05, 0) is 25.0 Å². The number of likely N-dealkylation sites (tertiary alicyclic amines) is 1. The topological polar surface area (TPSA) is 61.4 Å². The Morgan fingerprint density at radius 2 is 1.92 bits per heavy atom. The van der Waals surface area contributed by atoms with Gasteiger partial charge in [0, 0.05) is 37.5 Å². The van der Waals surface area contributed by atoms with Crippen LogP contribution in [0.1, 0.15) is 62.7 Å². The van der Waals surface area contributed by atoms with E-state index < -0.39 is 5.66 Å². The summed E-state index contributed by atoms with van der Waals surface area (Å²) in [5.74, 6) is 0.403. The lowest BCUT2D eigenvalue weighted by molar-refractivity contribution is -0.137. The number of amides is 2. The molecule has 1 unspecified atom stereocenters. The molecule has 2 heterocycles. The zero-order valence-corrected chi connectivity index (χ0v) is 15.3. The second-order valence-electron chi connectivity index (χ2n) is 7.28. The Morgan fingerprint density at radius 1 is 1.20 bits per heavy atom. The number of anilines is 1. The van der Waals surface area contributed by atoms with Gasteiger partial charge in [-0.1, -0.05) is 38.8 Å². The summed E-state index contributed by atoms with van der Waals surface area (Å²) in [5.41, 5.74) is 1.16.